The minimum absolute atomic E-state index is 0.339. The van der Waals surface area contributed by atoms with Crippen molar-refractivity contribution in [2.45, 2.75) is 5.41 Å². The van der Waals surface area contributed by atoms with Crippen LogP contribution in [0.5, 0.6) is 0 Å². The summed E-state index contributed by atoms with van der Waals surface area (Å²) in [6.07, 6.45) is 0. The highest BCUT2D eigenvalue weighted by Gasteiger charge is 2.51. The summed E-state index contributed by atoms with van der Waals surface area (Å²) in [5.74, 6) is 0. The first-order chi connectivity index (χ1) is 24.3. The summed E-state index contributed by atoms with van der Waals surface area (Å²) in [5, 5.41) is 12.8. The van der Waals surface area contributed by atoms with Crippen LogP contribution in [0.15, 0.2) is 158 Å². The fourth-order valence-corrected chi connectivity index (χ4v) is 8.63. The zero-order valence-electron chi connectivity index (χ0n) is 26.3. The summed E-state index contributed by atoms with van der Waals surface area (Å²) in [5.41, 5.74) is 13.1. The minimum Gasteiger partial charge on any atom is -0.319 e. The maximum atomic E-state index is 10.6. The lowest BCUT2D eigenvalue weighted by Crippen LogP contribution is -2.36. The van der Waals surface area contributed by atoms with E-state index in [1.165, 1.54) is 33.4 Å². The van der Waals surface area contributed by atoms with Crippen LogP contribution in [0, 0.1) is 17.9 Å². The highest BCUT2D eigenvalue weighted by molar-refractivity contribution is 6.10. The van der Waals surface area contributed by atoms with E-state index in [9.17, 15) is 5.26 Å². The minimum atomic E-state index is -0.527. The topological polar surface area (TPSA) is 36.3 Å². The van der Waals surface area contributed by atoms with Gasteiger partial charge in [-0.25, -0.2) is 4.85 Å². The van der Waals surface area contributed by atoms with Gasteiger partial charge in [-0.15, -0.1) is 0 Å². The molecule has 1 aliphatic heterocycles. The maximum Gasteiger partial charge on any atom is 0.228 e. The smallest absolute Gasteiger partial charge is 0.228 e. The van der Waals surface area contributed by atoms with E-state index >= 15 is 0 Å². The lowest BCUT2D eigenvalue weighted by atomic mass is 9.64. The first-order valence-electron chi connectivity index (χ1n) is 16.4. The molecule has 49 heavy (non-hydrogen) atoms. The SMILES string of the molecule is [C-]#[N+]c1c(C#N)cc(N2c3ccccc3C3(c4ccccc4-c4ccccc43)c3ccccc32)cc1-n1c2ccccc2c2ccccc21. The van der Waals surface area contributed by atoms with E-state index in [1.807, 2.05) is 30.3 Å². The van der Waals surface area contributed by atoms with Crippen molar-refractivity contribution in [1.29, 1.82) is 5.26 Å². The van der Waals surface area contributed by atoms with Crippen molar-refractivity contribution in [3.8, 4) is 22.9 Å². The zero-order valence-corrected chi connectivity index (χ0v) is 26.3. The Hall–Kier alpha value is -6.88. The maximum absolute atomic E-state index is 10.6. The van der Waals surface area contributed by atoms with E-state index in [2.05, 4.69) is 148 Å². The van der Waals surface area contributed by atoms with Gasteiger partial charge in [-0.05, 0) is 69.8 Å². The molecule has 1 aromatic heterocycles. The van der Waals surface area contributed by atoms with Crippen LogP contribution in [-0.4, -0.2) is 4.57 Å². The largest absolute Gasteiger partial charge is 0.319 e. The number of nitriles is 1. The summed E-state index contributed by atoms with van der Waals surface area (Å²) in [6.45, 7) is 8.29. The summed E-state index contributed by atoms with van der Waals surface area (Å²) in [4.78, 5) is 6.26. The van der Waals surface area contributed by atoms with Gasteiger partial charge in [0.25, 0.3) is 0 Å². The van der Waals surface area contributed by atoms with Crippen LogP contribution in [0.2, 0.25) is 0 Å². The third kappa shape index (κ3) is 3.45. The Labute approximate surface area is 283 Å². The van der Waals surface area contributed by atoms with Gasteiger partial charge in [-0.1, -0.05) is 121 Å². The van der Waals surface area contributed by atoms with Crippen molar-refractivity contribution in [3.05, 3.63) is 197 Å². The van der Waals surface area contributed by atoms with Crippen molar-refractivity contribution in [3.63, 3.8) is 0 Å². The Balaban J connectivity index is 1.31. The fraction of sp³-hybridized carbons (Fsp3) is 0.0222. The van der Waals surface area contributed by atoms with Crippen LogP contribution >= 0.6 is 0 Å². The molecule has 8 aromatic rings. The number of hydrogen-bond acceptors (Lipinski definition) is 2. The molecule has 1 aliphatic carbocycles. The number of fused-ring (bicyclic) bond motifs is 12. The Bertz CT molecular complexity index is 2620. The molecule has 1 spiro atoms. The van der Waals surface area contributed by atoms with Gasteiger partial charge in [0.1, 0.15) is 0 Å². The predicted octanol–water partition coefficient (Wildman–Crippen LogP) is 11.4. The van der Waals surface area contributed by atoms with Gasteiger partial charge in [-0.3, -0.25) is 0 Å². The van der Waals surface area contributed by atoms with E-state index < -0.39 is 5.41 Å². The van der Waals surface area contributed by atoms with Crippen LogP contribution in [0.1, 0.15) is 27.8 Å². The van der Waals surface area contributed by atoms with Gasteiger partial charge in [0, 0.05) is 16.5 Å². The predicted molar refractivity (Wildman–Crippen MR) is 197 cm³/mol. The van der Waals surface area contributed by atoms with Crippen LogP contribution in [0.25, 0.3) is 43.5 Å². The first-order valence-corrected chi connectivity index (χ1v) is 16.4. The van der Waals surface area contributed by atoms with Crippen molar-refractivity contribution in [1.82, 2.24) is 4.57 Å². The molecule has 0 atom stereocenters. The van der Waals surface area contributed by atoms with E-state index in [1.54, 1.807) is 0 Å². The number of anilines is 3. The van der Waals surface area contributed by atoms with Gasteiger partial charge >= 0.3 is 0 Å². The molecule has 0 unspecified atom stereocenters. The summed E-state index contributed by atoms with van der Waals surface area (Å²) in [6, 6.07) is 57.8. The van der Waals surface area contributed by atoms with Gasteiger partial charge in [0.2, 0.25) is 5.69 Å². The highest BCUT2D eigenvalue weighted by atomic mass is 15.2. The number of nitrogens with zero attached hydrogens (tertiary/aromatic N) is 4. The molecule has 2 aliphatic rings. The lowest BCUT2D eigenvalue weighted by Gasteiger charge is -2.45. The number of aromatic nitrogens is 1. The van der Waals surface area contributed by atoms with Crippen molar-refractivity contribution in [2.75, 3.05) is 4.90 Å². The summed E-state index contributed by atoms with van der Waals surface area (Å²) < 4.78 is 2.15. The summed E-state index contributed by atoms with van der Waals surface area (Å²) >= 11 is 0. The molecular weight excluding hydrogens is 597 g/mol. The molecule has 2 heterocycles. The zero-order chi connectivity index (χ0) is 32.7. The van der Waals surface area contributed by atoms with Gasteiger partial charge in [-0.2, -0.15) is 5.26 Å². The molecule has 0 N–H and O–H groups in total. The standard InChI is InChI=1S/C45H26N4/c1-47-44-29(28-46)26-30(27-43(44)49-39-22-10-4-16-33(39)34-17-5-11-23-40(34)49)48-41-24-12-8-20-37(41)45(38-21-9-13-25-42(38)48)35-18-6-2-14-31(35)32-15-3-7-19-36(32)45/h2-27H. The van der Waals surface area contributed by atoms with Crippen LogP contribution in [0.4, 0.5) is 22.7 Å². The van der Waals surface area contributed by atoms with Gasteiger partial charge < -0.3 is 9.47 Å². The Morgan fingerprint density at radius 3 is 1.53 bits per heavy atom. The molecule has 0 fully saturated rings. The highest BCUT2D eigenvalue weighted by Crippen LogP contribution is 2.63. The quantitative estimate of drug-likeness (QED) is 0.180. The second kappa shape index (κ2) is 10.1. The first kappa shape index (κ1) is 27.3. The monoisotopic (exact) mass is 622 g/mol. The van der Waals surface area contributed by atoms with Crippen LogP contribution in [0.3, 0.4) is 0 Å². The van der Waals surface area contributed by atoms with Crippen molar-refractivity contribution in [2.24, 2.45) is 0 Å². The molecule has 4 nitrogen and oxygen atoms in total. The molecule has 0 radical (unpaired) electrons. The number of hydrogen-bond donors (Lipinski definition) is 0. The summed E-state index contributed by atoms with van der Waals surface area (Å²) in [7, 11) is 0. The molecule has 0 bridgehead atoms. The molecule has 226 valence electrons. The number of para-hydroxylation sites is 4. The Morgan fingerprint density at radius 2 is 1.00 bits per heavy atom. The average Bonchev–Trinajstić information content (AvgIpc) is 3.66. The normalized spacial score (nSPS) is 13.4. The molecule has 10 rings (SSSR count). The van der Waals surface area contributed by atoms with E-state index in [-0.39, 0.29) is 0 Å². The van der Waals surface area contributed by atoms with Crippen LogP contribution < -0.4 is 4.90 Å². The molecule has 0 saturated heterocycles. The molecule has 0 amide bonds. The number of benzene rings is 7. The van der Waals surface area contributed by atoms with Gasteiger partial charge in [0.05, 0.1) is 51.7 Å². The molecule has 0 saturated carbocycles. The molecule has 7 aromatic carbocycles. The Kier molecular flexibility index (Phi) is 5.59. The van der Waals surface area contributed by atoms with Crippen molar-refractivity contribution >= 4 is 44.6 Å². The third-order valence-electron chi connectivity index (χ3n) is 10.4. The lowest BCUT2D eigenvalue weighted by molar-refractivity contribution is 0.752. The molecule has 4 heteroatoms. The van der Waals surface area contributed by atoms with Crippen LogP contribution in [-0.2, 0) is 5.41 Å². The second-order valence-electron chi connectivity index (χ2n) is 12.7. The van der Waals surface area contributed by atoms with E-state index in [0.717, 1.165) is 38.9 Å². The van der Waals surface area contributed by atoms with Gasteiger partial charge in [0.15, 0.2) is 0 Å². The molecular formula is C45H26N4. The third-order valence-corrected chi connectivity index (χ3v) is 10.4. The number of rotatable bonds is 2. The van der Waals surface area contributed by atoms with E-state index in [4.69, 9.17) is 6.57 Å². The van der Waals surface area contributed by atoms with Crippen molar-refractivity contribution < 1.29 is 0 Å². The second-order valence-corrected chi connectivity index (χ2v) is 12.7. The van der Waals surface area contributed by atoms with E-state index in [0.29, 0.717) is 16.9 Å². The fourth-order valence-electron chi connectivity index (χ4n) is 8.63. The average molecular weight is 623 g/mol. The Morgan fingerprint density at radius 1 is 0.531 bits per heavy atom.